The summed E-state index contributed by atoms with van der Waals surface area (Å²) >= 11 is 0. The summed E-state index contributed by atoms with van der Waals surface area (Å²) in [5, 5.41) is 2.83. The zero-order valence-corrected chi connectivity index (χ0v) is 4.88. The molecule has 0 N–H and O–H groups in total. The van der Waals surface area contributed by atoms with E-state index in [4.69, 9.17) is 5.53 Å². The summed E-state index contributed by atoms with van der Waals surface area (Å²) in [5.74, 6) is 0. The van der Waals surface area contributed by atoms with Crippen molar-refractivity contribution in [2.75, 3.05) is 0 Å². The molecule has 0 saturated heterocycles. The molecule has 1 rings (SSSR count). The third kappa shape index (κ3) is 1.12. The fraction of sp³-hybridized carbons (Fsp3) is 0. The van der Waals surface area contributed by atoms with Crippen LogP contribution in [-0.4, -0.2) is 15.6 Å². The number of imidazole rings is 1. The second-order valence-electron chi connectivity index (χ2n) is 1.44. The lowest BCUT2D eigenvalue weighted by molar-refractivity contribution is 0.250. The van der Waals surface area contributed by atoms with Crippen molar-refractivity contribution in [3.05, 3.63) is 29.2 Å². The van der Waals surface area contributed by atoms with Crippen LogP contribution in [0.25, 0.3) is 10.4 Å². The van der Waals surface area contributed by atoms with Crippen molar-refractivity contribution in [2.45, 2.75) is 0 Å². The monoisotopic (exact) mass is 137 g/mol. The molecular weight excluding hydrogens is 134 g/mol. The van der Waals surface area contributed by atoms with Gasteiger partial charge in [-0.25, -0.2) is 4.98 Å². The fourth-order valence-corrected chi connectivity index (χ4v) is 0.462. The Morgan fingerprint density at radius 1 is 1.80 bits per heavy atom. The minimum absolute atomic E-state index is 0.681. The molecule has 6 heteroatoms. The third-order valence-electron chi connectivity index (χ3n) is 0.856. The van der Waals surface area contributed by atoms with Crippen molar-refractivity contribution in [3.8, 4) is 0 Å². The second kappa shape index (κ2) is 2.65. The molecule has 1 amide bonds. The third-order valence-corrected chi connectivity index (χ3v) is 0.856. The molecule has 0 aliphatic heterocycles. The molecule has 50 valence electrons. The Bertz CT molecular complexity index is 270. The van der Waals surface area contributed by atoms with Crippen molar-refractivity contribution in [1.82, 2.24) is 9.55 Å². The highest BCUT2D eigenvalue weighted by Gasteiger charge is 1.96. The van der Waals surface area contributed by atoms with Crippen LogP contribution in [0.1, 0.15) is 0 Å². The van der Waals surface area contributed by atoms with Gasteiger partial charge in [0.25, 0.3) is 0 Å². The van der Waals surface area contributed by atoms with Crippen molar-refractivity contribution < 1.29 is 4.79 Å². The van der Waals surface area contributed by atoms with E-state index in [0.29, 0.717) is 0 Å². The second-order valence-corrected chi connectivity index (χ2v) is 1.44. The zero-order chi connectivity index (χ0) is 7.40. The Balaban J connectivity index is 2.87. The van der Waals surface area contributed by atoms with E-state index in [0.717, 1.165) is 4.57 Å². The van der Waals surface area contributed by atoms with E-state index >= 15 is 0 Å². The summed E-state index contributed by atoms with van der Waals surface area (Å²) < 4.78 is 1.08. The number of carbonyl (C=O) groups excluding carboxylic acids is 1. The summed E-state index contributed by atoms with van der Waals surface area (Å²) in [6.07, 6.45) is 4.08. The van der Waals surface area contributed by atoms with Gasteiger partial charge in [-0.2, -0.15) is 0 Å². The first-order valence-electron chi connectivity index (χ1n) is 2.42. The molecule has 0 unspecified atom stereocenters. The number of carbonyl (C=O) groups is 1. The van der Waals surface area contributed by atoms with E-state index in [1.54, 1.807) is 0 Å². The standard InChI is InChI=1S/C4H3N5O/c5-8-7-4(10)9-2-1-6-3-9/h1-3H. The van der Waals surface area contributed by atoms with Crippen molar-refractivity contribution in [2.24, 2.45) is 5.11 Å². The van der Waals surface area contributed by atoms with E-state index in [1.165, 1.54) is 18.7 Å². The molecule has 0 aliphatic carbocycles. The number of rotatable bonds is 0. The maximum Gasteiger partial charge on any atom is 0.319 e. The zero-order valence-electron chi connectivity index (χ0n) is 4.88. The van der Waals surface area contributed by atoms with Gasteiger partial charge in [0.05, 0.1) is 0 Å². The lowest BCUT2D eigenvalue weighted by Crippen LogP contribution is -2.01. The van der Waals surface area contributed by atoms with Crippen molar-refractivity contribution in [3.63, 3.8) is 0 Å². The van der Waals surface area contributed by atoms with Gasteiger partial charge in [0.1, 0.15) is 6.33 Å². The normalized spacial score (nSPS) is 8.40. The molecule has 0 atom stereocenters. The quantitative estimate of drug-likeness (QED) is 0.305. The number of hydrogen-bond acceptors (Lipinski definition) is 2. The molecule has 1 aromatic rings. The molecule has 1 aromatic heterocycles. The van der Waals surface area contributed by atoms with Crippen LogP contribution in [-0.2, 0) is 0 Å². The summed E-state index contributed by atoms with van der Waals surface area (Å²) in [7, 11) is 0. The first-order chi connectivity index (χ1) is 4.84. The van der Waals surface area contributed by atoms with Crippen LogP contribution in [0.3, 0.4) is 0 Å². The molecule has 0 radical (unpaired) electrons. The lowest BCUT2D eigenvalue weighted by Gasteiger charge is -1.87. The minimum atomic E-state index is -0.681. The smallest absolute Gasteiger partial charge is 0.271 e. The van der Waals surface area contributed by atoms with Gasteiger partial charge in [-0.3, -0.25) is 9.36 Å². The van der Waals surface area contributed by atoms with Gasteiger partial charge in [-0.15, -0.1) is 0 Å². The van der Waals surface area contributed by atoms with Gasteiger partial charge in [-0.05, 0) is 5.53 Å². The molecule has 0 bridgehead atoms. The van der Waals surface area contributed by atoms with Crippen molar-refractivity contribution >= 4 is 6.03 Å². The highest BCUT2D eigenvalue weighted by atomic mass is 16.2. The average molecular weight is 137 g/mol. The summed E-state index contributed by atoms with van der Waals surface area (Å²) in [6, 6.07) is -0.681. The van der Waals surface area contributed by atoms with Gasteiger partial charge < -0.3 is 0 Å². The highest BCUT2D eigenvalue weighted by Crippen LogP contribution is 1.87. The van der Waals surface area contributed by atoms with E-state index in [1.807, 2.05) is 0 Å². The van der Waals surface area contributed by atoms with Gasteiger partial charge in [-0.1, -0.05) is 0 Å². The topological polar surface area (TPSA) is 83.7 Å². The Labute approximate surface area is 55.7 Å². The number of hydrogen-bond donors (Lipinski definition) is 0. The molecule has 1 heterocycles. The summed E-state index contributed by atoms with van der Waals surface area (Å²) in [5.41, 5.74) is 7.84. The van der Waals surface area contributed by atoms with Crippen LogP contribution >= 0.6 is 0 Å². The Hall–Kier alpha value is -1.81. The van der Waals surface area contributed by atoms with Gasteiger partial charge in [0.2, 0.25) is 0 Å². The van der Waals surface area contributed by atoms with E-state index in [9.17, 15) is 4.79 Å². The van der Waals surface area contributed by atoms with Crippen LogP contribution in [0.4, 0.5) is 4.79 Å². The lowest BCUT2D eigenvalue weighted by atomic mass is 10.9. The Morgan fingerprint density at radius 2 is 2.60 bits per heavy atom. The summed E-state index contributed by atoms with van der Waals surface area (Å²) in [6.45, 7) is 0. The molecule has 0 fully saturated rings. The first-order valence-corrected chi connectivity index (χ1v) is 2.42. The fourth-order valence-electron chi connectivity index (χ4n) is 0.462. The highest BCUT2D eigenvalue weighted by molar-refractivity contribution is 5.77. The van der Waals surface area contributed by atoms with Crippen LogP contribution < -0.4 is 0 Å². The largest absolute Gasteiger partial charge is 0.319 e. The number of nitrogens with zero attached hydrogens (tertiary/aromatic N) is 5. The Kier molecular flexibility index (Phi) is 1.67. The summed E-state index contributed by atoms with van der Waals surface area (Å²) in [4.78, 5) is 16.5. The van der Waals surface area contributed by atoms with Crippen LogP contribution in [0.15, 0.2) is 23.8 Å². The van der Waals surface area contributed by atoms with E-state index < -0.39 is 6.03 Å². The van der Waals surface area contributed by atoms with Crippen LogP contribution in [0, 0.1) is 0 Å². The molecule has 0 saturated carbocycles. The predicted molar refractivity (Wildman–Crippen MR) is 32.2 cm³/mol. The molecule has 0 aliphatic rings. The van der Waals surface area contributed by atoms with Crippen LogP contribution in [0.2, 0.25) is 0 Å². The maximum absolute atomic E-state index is 10.6. The maximum atomic E-state index is 10.6. The Morgan fingerprint density at radius 3 is 3.10 bits per heavy atom. The SMILES string of the molecule is [N-]=[N+]=NC(=O)n1ccnc1. The number of aromatic nitrogens is 2. The van der Waals surface area contributed by atoms with Gasteiger partial charge >= 0.3 is 6.03 Å². The van der Waals surface area contributed by atoms with Crippen LogP contribution in [0.5, 0.6) is 0 Å². The predicted octanol–water partition coefficient (Wildman–Crippen LogP) is 1.16. The minimum Gasteiger partial charge on any atom is -0.271 e. The number of amides is 1. The molecule has 0 spiro atoms. The van der Waals surface area contributed by atoms with Crippen molar-refractivity contribution in [1.29, 1.82) is 0 Å². The molecule has 10 heavy (non-hydrogen) atoms. The van der Waals surface area contributed by atoms with E-state index in [-0.39, 0.29) is 0 Å². The van der Waals surface area contributed by atoms with E-state index in [2.05, 4.69) is 15.0 Å². The molecule has 6 nitrogen and oxygen atoms in total. The average Bonchev–Trinajstić information content (AvgIpc) is 2.38. The number of azide groups is 1. The van der Waals surface area contributed by atoms with Gasteiger partial charge in [0.15, 0.2) is 0 Å². The molecule has 0 aromatic carbocycles. The first kappa shape index (κ1) is 6.31. The molecular formula is C4H3N5O. The van der Waals surface area contributed by atoms with Gasteiger partial charge in [0, 0.05) is 22.4 Å².